The second-order valence-electron chi connectivity index (χ2n) is 6.37. The van der Waals surface area contributed by atoms with Crippen molar-refractivity contribution in [3.63, 3.8) is 0 Å². The fraction of sp³-hybridized carbons (Fsp3) is 0.190. The third kappa shape index (κ3) is 4.55. The maximum atomic E-state index is 5.34. The second-order valence-corrected chi connectivity index (χ2v) is 7.32. The first-order valence-corrected chi connectivity index (χ1v) is 9.90. The van der Waals surface area contributed by atoms with E-state index in [0.29, 0.717) is 12.5 Å². The normalized spacial score (nSPS) is 10.4. The van der Waals surface area contributed by atoms with Crippen molar-refractivity contribution in [3.8, 4) is 33.5 Å². The summed E-state index contributed by atoms with van der Waals surface area (Å²) in [5.74, 6) is 2.86. The molecule has 4 aromatic rings. The highest BCUT2D eigenvalue weighted by atomic mass is 35.5. The Morgan fingerprint density at radius 2 is 1.87 bits per heavy atom. The average Bonchev–Trinajstić information content (AvgIpc) is 3.43. The molecule has 0 aliphatic carbocycles. The zero-order chi connectivity index (χ0) is 20.2. The van der Waals surface area contributed by atoms with Crippen molar-refractivity contribution >= 4 is 29.7 Å². The molecule has 0 bridgehead atoms. The smallest absolute Gasteiger partial charge is 0.223 e. The lowest BCUT2D eigenvalue weighted by Crippen LogP contribution is -2.06. The molecule has 3 heterocycles. The van der Waals surface area contributed by atoms with Crippen molar-refractivity contribution < 1.29 is 9.47 Å². The molecule has 7 nitrogen and oxygen atoms in total. The molecule has 0 unspecified atom stereocenters. The number of methoxy groups -OCH3 is 2. The Kier molecular flexibility index (Phi) is 6.91. The van der Waals surface area contributed by atoms with Gasteiger partial charge in [-0.2, -0.15) is 0 Å². The summed E-state index contributed by atoms with van der Waals surface area (Å²) >= 11 is 1.64. The van der Waals surface area contributed by atoms with Crippen LogP contribution in [-0.2, 0) is 13.6 Å². The van der Waals surface area contributed by atoms with Crippen molar-refractivity contribution in [3.05, 3.63) is 59.9 Å². The van der Waals surface area contributed by atoms with E-state index in [1.165, 1.54) is 0 Å². The van der Waals surface area contributed by atoms with Gasteiger partial charge in [-0.1, -0.05) is 6.07 Å². The molecule has 0 fully saturated rings. The van der Waals surface area contributed by atoms with E-state index >= 15 is 0 Å². The zero-order valence-electron chi connectivity index (χ0n) is 16.8. The van der Waals surface area contributed by atoms with E-state index in [4.69, 9.17) is 14.5 Å². The first-order chi connectivity index (χ1) is 14.2. The molecule has 0 amide bonds. The summed E-state index contributed by atoms with van der Waals surface area (Å²) in [5, 5.41) is 5.33. The lowest BCUT2D eigenvalue weighted by Gasteiger charge is -2.12. The molecule has 0 saturated carbocycles. The Labute approximate surface area is 185 Å². The predicted molar refractivity (Wildman–Crippen MR) is 122 cm³/mol. The molecule has 9 heteroatoms. The van der Waals surface area contributed by atoms with Gasteiger partial charge in [0.15, 0.2) is 0 Å². The maximum absolute atomic E-state index is 5.34. The van der Waals surface area contributed by atoms with Gasteiger partial charge in [0, 0.05) is 38.2 Å². The second kappa shape index (κ2) is 9.60. The van der Waals surface area contributed by atoms with Crippen LogP contribution >= 0.6 is 23.7 Å². The van der Waals surface area contributed by atoms with Crippen LogP contribution in [0.2, 0.25) is 0 Å². The van der Waals surface area contributed by atoms with E-state index in [1.54, 1.807) is 31.8 Å². The predicted octanol–water partition coefficient (Wildman–Crippen LogP) is 4.66. The number of ether oxygens (including phenoxy) is 2. The molecular weight excluding hydrogens is 422 g/mol. The third-order valence-electron chi connectivity index (χ3n) is 4.47. The Morgan fingerprint density at radius 1 is 1.10 bits per heavy atom. The highest BCUT2D eigenvalue weighted by Crippen LogP contribution is 2.32. The van der Waals surface area contributed by atoms with Gasteiger partial charge < -0.3 is 19.4 Å². The standard InChI is InChI=1S/C21H21N5O2S.ClH/c1-26-7-6-22-20(26)17-13-24-21(25-19(17)18-5-4-8-29-18)23-12-14-9-15(27-2)11-16(10-14)28-3;/h4-11,13H,12H2,1-3H3,(H,23,24,25);1H. The van der Waals surface area contributed by atoms with Gasteiger partial charge in [-0.15, -0.1) is 23.7 Å². The quantitative estimate of drug-likeness (QED) is 0.448. The van der Waals surface area contributed by atoms with Gasteiger partial charge >= 0.3 is 0 Å². The van der Waals surface area contributed by atoms with Crippen LogP contribution in [0.4, 0.5) is 5.95 Å². The van der Waals surface area contributed by atoms with Crippen LogP contribution in [0.15, 0.2) is 54.3 Å². The number of nitrogens with zero attached hydrogens (tertiary/aromatic N) is 4. The van der Waals surface area contributed by atoms with Crippen molar-refractivity contribution in [1.29, 1.82) is 0 Å². The lowest BCUT2D eigenvalue weighted by atomic mass is 10.2. The van der Waals surface area contributed by atoms with Gasteiger partial charge in [0.25, 0.3) is 0 Å². The molecule has 0 radical (unpaired) electrons. The molecular formula is C21H22ClN5O2S. The summed E-state index contributed by atoms with van der Waals surface area (Å²) in [6.07, 6.45) is 5.50. The molecule has 0 atom stereocenters. The summed E-state index contributed by atoms with van der Waals surface area (Å²) in [5.41, 5.74) is 2.76. The molecule has 0 aliphatic rings. The van der Waals surface area contributed by atoms with Crippen LogP contribution in [0.5, 0.6) is 11.5 Å². The number of anilines is 1. The maximum Gasteiger partial charge on any atom is 0.223 e. The van der Waals surface area contributed by atoms with Crippen LogP contribution in [0.3, 0.4) is 0 Å². The number of nitrogens with one attached hydrogen (secondary N) is 1. The van der Waals surface area contributed by atoms with E-state index in [0.717, 1.165) is 39.0 Å². The number of benzene rings is 1. The van der Waals surface area contributed by atoms with Gasteiger partial charge in [0.05, 0.1) is 30.4 Å². The van der Waals surface area contributed by atoms with Crippen LogP contribution in [0.25, 0.3) is 22.0 Å². The first kappa shape index (κ1) is 21.6. The minimum absolute atomic E-state index is 0. The number of hydrogen-bond donors (Lipinski definition) is 1. The van der Waals surface area contributed by atoms with Crippen molar-refractivity contribution in [2.75, 3.05) is 19.5 Å². The summed E-state index contributed by atoms with van der Waals surface area (Å²) in [4.78, 5) is 14.8. The fourth-order valence-electron chi connectivity index (χ4n) is 3.01. The molecule has 30 heavy (non-hydrogen) atoms. The molecule has 4 rings (SSSR count). The highest BCUT2D eigenvalue weighted by molar-refractivity contribution is 7.13. The minimum Gasteiger partial charge on any atom is -0.497 e. The van der Waals surface area contributed by atoms with Crippen LogP contribution in [0, 0.1) is 0 Å². The van der Waals surface area contributed by atoms with Gasteiger partial charge in [0.1, 0.15) is 17.3 Å². The summed E-state index contributed by atoms with van der Waals surface area (Å²) in [6, 6.07) is 9.82. The number of imidazole rings is 1. The third-order valence-corrected chi connectivity index (χ3v) is 5.34. The SMILES string of the molecule is COc1cc(CNc2ncc(-c3nccn3C)c(-c3cccs3)n2)cc(OC)c1.Cl. The molecule has 1 N–H and O–H groups in total. The Bertz CT molecular complexity index is 1090. The van der Waals surface area contributed by atoms with Gasteiger partial charge in [-0.3, -0.25) is 0 Å². The summed E-state index contributed by atoms with van der Waals surface area (Å²) < 4.78 is 12.6. The molecule has 0 spiro atoms. The molecule has 0 saturated heterocycles. The van der Waals surface area contributed by atoms with E-state index in [9.17, 15) is 0 Å². The van der Waals surface area contributed by atoms with E-state index in [1.807, 2.05) is 53.7 Å². The number of aromatic nitrogens is 4. The Balaban J connectivity index is 0.00000256. The first-order valence-electron chi connectivity index (χ1n) is 9.02. The van der Waals surface area contributed by atoms with Gasteiger partial charge in [0.2, 0.25) is 5.95 Å². The molecule has 0 aliphatic heterocycles. The monoisotopic (exact) mass is 443 g/mol. The van der Waals surface area contributed by atoms with E-state index in [-0.39, 0.29) is 12.4 Å². The molecule has 156 valence electrons. The number of halogens is 1. The van der Waals surface area contributed by atoms with Crippen molar-refractivity contribution in [2.24, 2.45) is 7.05 Å². The topological polar surface area (TPSA) is 74.1 Å². The molecule has 1 aromatic carbocycles. The molecule has 3 aromatic heterocycles. The van der Waals surface area contributed by atoms with Gasteiger partial charge in [-0.05, 0) is 29.1 Å². The van der Waals surface area contributed by atoms with E-state index < -0.39 is 0 Å². The van der Waals surface area contributed by atoms with Crippen LogP contribution in [0.1, 0.15) is 5.56 Å². The summed E-state index contributed by atoms with van der Waals surface area (Å²) in [6.45, 7) is 0.541. The number of thiophene rings is 1. The number of aryl methyl sites for hydroxylation is 1. The Hall–Kier alpha value is -3.10. The zero-order valence-corrected chi connectivity index (χ0v) is 18.5. The lowest BCUT2D eigenvalue weighted by molar-refractivity contribution is 0.393. The highest BCUT2D eigenvalue weighted by Gasteiger charge is 2.15. The van der Waals surface area contributed by atoms with Gasteiger partial charge in [-0.25, -0.2) is 15.0 Å². The summed E-state index contributed by atoms with van der Waals surface area (Å²) in [7, 11) is 5.24. The largest absolute Gasteiger partial charge is 0.497 e. The number of hydrogen-bond acceptors (Lipinski definition) is 7. The minimum atomic E-state index is 0. The van der Waals surface area contributed by atoms with Crippen molar-refractivity contribution in [1.82, 2.24) is 19.5 Å². The van der Waals surface area contributed by atoms with Crippen LogP contribution < -0.4 is 14.8 Å². The Morgan fingerprint density at radius 3 is 2.47 bits per heavy atom. The fourth-order valence-corrected chi connectivity index (χ4v) is 3.73. The van der Waals surface area contributed by atoms with Crippen LogP contribution in [-0.4, -0.2) is 33.7 Å². The van der Waals surface area contributed by atoms with E-state index in [2.05, 4.69) is 21.4 Å². The van der Waals surface area contributed by atoms with Crippen molar-refractivity contribution in [2.45, 2.75) is 6.54 Å². The number of rotatable bonds is 7. The average molecular weight is 444 g/mol.